The van der Waals surface area contributed by atoms with Gasteiger partial charge in [-0.25, -0.2) is 13.4 Å². The minimum Gasteiger partial charge on any atom is -0.497 e. The van der Waals surface area contributed by atoms with Crippen LogP contribution in [-0.2, 0) is 9.84 Å². The number of hydrogen-bond acceptors (Lipinski definition) is 5. The van der Waals surface area contributed by atoms with E-state index in [0.29, 0.717) is 27.4 Å². The molecule has 29 heavy (non-hydrogen) atoms. The van der Waals surface area contributed by atoms with Crippen molar-refractivity contribution in [1.29, 1.82) is 0 Å². The van der Waals surface area contributed by atoms with Gasteiger partial charge in [0.15, 0.2) is 0 Å². The largest absolute Gasteiger partial charge is 0.497 e. The monoisotopic (exact) mass is 425 g/mol. The van der Waals surface area contributed by atoms with E-state index in [1.54, 1.807) is 86.0 Å². The minimum atomic E-state index is -3.85. The van der Waals surface area contributed by atoms with Crippen LogP contribution >= 0.6 is 11.6 Å². The van der Waals surface area contributed by atoms with Gasteiger partial charge >= 0.3 is 0 Å². The van der Waals surface area contributed by atoms with E-state index in [1.807, 2.05) is 0 Å². The van der Waals surface area contributed by atoms with Crippen LogP contribution in [0.3, 0.4) is 0 Å². The first-order chi connectivity index (χ1) is 14.0. The third-order valence-corrected chi connectivity index (χ3v) is 6.34. The molecule has 5 nitrogen and oxygen atoms in total. The Morgan fingerprint density at radius 1 is 0.931 bits per heavy atom. The predicted molar refractivity (Wildman–Crippen MR) is 111 cm³/mol. The van der Waals surface area contributed by atoms with Crippen LogP contribution in [0.4, 0.5) is 5.69 Å². The van der Waals surface area contributed by atoms with E-state index in [0.717, 1.165) is 0 Å². The molecule has 0 radical (unpaired) electrons. The summed E-state index contributed by atoms with van der Waals surface area (Å²) in [4.78, 5) is 4.58. The molecule has 0 saturated carbocycles. The Labute approximate surface area is 172 Å². The van der Waals surface area contributed by atoms with Crippen molar-refractivity contribution in [3.63, 3.8) is 0 Å². The summed E-state index contributed by atoms with van der Waals surface area (Å²) in [5.41, 5.74) is 0.964. The second-order valence-electron chi connectivity index (χ2n) is 6.22. The first-order valence-corrected chi connectivity index (χ1v) is 10.6. The standard InChI is InChI=1S/C22H16ClNO4S/c1-27-18-12-7-15-13-21(29(25,26)19-5-3-2-4-6-19)22(28-20(15)14-18)24-17-10-8-16(23)9-11-17/h2-14H,1H3. The molecular weight excluding hydrogens is 410 g/mol. The Morgan fingerprint density at radius 2 is 1.66 bits per heavy atom. The normalized spacial score (nSPS) is 12.3. The summed E-state index contributed by atoms with van der Waals surface area (Å²) >= 11 is 5.94. The topological polar surface area (TPSA) is 68.9 Å². The molecule has 0 bridgehead atoms. The maximum atomic E-state index is 13.3. The van der Waals surface area contributed by atoms with Crippen molar-refractivity contribution in [2.75, 3.05) is 7.11 Å². The maximum absolute atomic E-state index is 13.3. The van der Waals surface area contributed by atoms with E-state index >= 15 is 0 Å². The number of fused-ring (bicyclic) bond motifs is 1. The fourth-order valence-electron chi connectivity index (χ4n) is 2.84. The van der Waals surface area contributed by atoms with Gasteiger partial charge in [0.25, 0.3) is 0 Å². The summed E-state index contributed by atoms with van der Waals surface area (Å²) in [6, 6.07) is 21.7. The quantitative estimate of drug-likeness (QED) is 0.453. The lowest BCUT2D eigenvalue weighted by Crippen LogP contribution is -2.15. The van der Waals surface area contributed by atoms with Crippen molar-refractivity contribution in [2.24, 2.45) is 4.99 Å². The Hall–Kier alpha value is -3.09. The molecule has 0 aliphatic rings. The van der Waals surface area contributed by atoms with Crippen molar-refractivity contribution in [3.8, 4) is 5.75 Å². The zero-order chi connectivity index (χ0) is 20.4. The average Bonchev–Trinajstić information content (AvgIpc) is 2.75. The van der Waals surface area contributed by atoms with Gasteiger partial charge in [0.1, 0.15) is 16.2 Å². The summed E-state index contributed by atoms with van der Waals surface area (Å²) in [6.07, 6.45) is 0. The van der Waals surface area contributed by atoms with Gasteiger partial charge in [0.05, 0.1) is 17.7 Å². The predicted octanol–water partition coefficient (Wildman–Crippen LogP) is 5.16. The fraction of sp³-hybridized carbons (Fsp3) is 0.0455. The molecule has 0 amide bonds. The molecule has 0 N–H and O–H groups in total. The number of halogens is 1. The molecule has 7 heteroatoms. The third kappa shape index (κ3) is 3.90. The highest BCUT2D eigenvalue weighted by Crippen LogP contribution is 2.25. The molecule has 0 aliphatic carbocycles. The number of ether oxygens (including phenoxy) is 1. The zero-order valence-electron chi connectivity index (χ0n) is 15.4. The number of nitrogens with zero attached hydrogens (tertiary/aromatic N) is 1. The lowest BCUT2D eigenvalue weighted by molar-refractivity contribution is 0.413. The van der Waals surface area contributed by atoms with Gasteiger partial charge in [-0.2, -0.15) is 0 Å². The van der Waals surface area contributed by atoms with Gasteiger partial charge in [-0.15, -0.1) is 0 Å². The molecule has 0 atom stereocenters. The van der Waals surface area contributed by atoms with Crippen LogP contribution in [0.1, 0.15) is 0 Å². The second kappa shape index (κ2) is 7.73. The van der Waals surface area contributed by atoms with Gasteiger partial charge in [-0.3, -0.25) is 0 Å². The summed E-state index contributed by atoms with van der Waals surface area (Å²) in [6.45, 7) is 0. The van der Waals surface area contributed by atoms with E-state index in [9.17, 15) is 8.42 Å². The first-order valence-electron chi connectivity index (χ1n) is 8.70. The Kier molecular flexibility index (Phi) is 5.13. The molecule has 1 heterocycles. The van der Waals surface area contributed by atoms with Crippen LogP contribution in [0.25, 0.3) is 11.0 Å². The Morgan fingerprint density at radius 3 is 2.34 bits per heavy atom. The molecule has 1 aromatic heterocycles. The Bertz CT molecular complexity index is 1350. The van der Waals surface area contributed by atoms with E-state index < -0.39 is 9.84 Å². The SMILES string of the molecule is COc1ccc2cc(S(=O)(=O)c3ccccc3)c(=Nc3ccc(Cl)cc3)oc2c1. The highest BCUT2D eigenvalue weighted by Gasteiger charge is 2.22. The van der Waals surface area contributed by atoms with Crippen molar-refractivity contribution in [2.45, 2.75) is 9.79 Å². The highest BCUT2D eigenvalue weighted by molar-refractivity contribution is 7.91. The maximum Gasteiger partial charge on any atom is 0.239 e. The summed E-state index contributed by atoms with van der Waals surface area (Å²) in [5.74, 6) is 0.595. The minimum absolute atomic E-state index is 0.0167. The molecule has 0 aliphatic heterocycles. The average molecular weight is 426 g/mol. The second-order valence-corrected chi connectivity index (χ2v) is 8.58. The molecular formula is C22H16ClNO4S. The van der Waals surface area contributed by atoms with E-state index in [-0.39, 0.29) is 15.3 Å². The number of methoxy groups -OCH3 is 1. The van der Waals surface area contributed by atoms with Crippen LogP contribution in [0.2, 0.25) is 5.02 Å². The number of sulfone groups is 1. The van der Waals surface area contributed by atoms with Gasteiger partial charge in [0.2, 0.25) is 15.4 Å². The lowest BCUT2D eigenvalue weighted by Gasteiger charge is -2.08. The molecule has 0 fully saturated rings. The van der Waals surface area contributed by atoms with Gasteiger partial charge < -0.3 is 9.15 Å². The highest BCUT2D eigenvalue weighted by atomic mass is 35.5. The summed E-state index contributed by atoms with van der Waals surface area (Å²) in [7, 11) is -2.30. The van der Waals surface area contributed by atoms with E-state index in [1.165, 1.54) is 0 Å². The van der Waals surface area contributed by atoms with E-state index in [2.05, 4.69) is 4.99 Å². The van der Waals surface area contributed by atoms with Crippen LogP contribution in [-0.4, -0.2) is 15.5 Å². The van der Waals surface area contributed by atoms with Crippen LogP contribution < -0.4 is 10.3 Å². The van der Waals surface area contributed by atoms with Gasteiger partial charge in [0, 0.05) is 16.5 Å². The molecule has 4 rings (SSSR count). The van der Waals surface area contributed by atoms with Crippen LogP contribution in [0, 0.1) is 0 Å². The van der Waals surface area contributed by atoms with Crippen LogP contribution in [0.5, 0.6) is 5.75 Å². The molecule has 0 spiro atoms. The fourth-order valence-corrected chi connectivity index (χ4v) is 4.33. The third-order valence-electron chi connectivity index (χ3n) is 4.33. The molecule has 0 unspecified atom stereocenters. The Balaban J connectivity index is 2.02. The summed E-state index contributed by atoms with van der Waals surface area (Å²) < 4.78 is 37.8. The smallest absolute Gasteiger partial charge is 0.239 e. The number of hydrogen-bond donors (Lipinski definition) is 0. The van der Waals surface area contributed by atoms with Crippen molar-refractivity contribution < 1.29 is 17.6 Å². The lowest BCUT2D eigenvalue weighted by atomic mass is 10.2. The number of benzene rings is 3. The van der Waals surface area contributed by atoms with Crippen molar-refractivity contribution >= 4 is 38.1 Å². The van der Waals surface area contributed by atoms with Crippen LogP contribution in [0.15, 0.2) is 98.1 Å². The van der Waals surface area contributed by atoms with E-state index in [4.69, 9.17) is 20.8 Å². The number of rotatable bonds is 4. The molecule has 4 aromatic rings. The molecule has 3 aromatic carbocycles. The van der Waals surface area contributed by atoms with Gasteiger partial charge in [-0.1, -0.05) is 29.8 Å². The molecule has 146 valence electrons. The zero-order valence-corrected chi connectivity index (χ0v) is 16.9. The van der Waals surface area contributed by atoms with Crippen molar-refractivity contribution in [1.82, 2.24) is 0 Å². The van der Waals surface area contributed by atoms with Crippen molar-refractivity contribution in [3.05, 3.63) is 89.4 Å². The first kappa shape index (κ1) is 19.2. The van der Waals surface area contributed by atoms with Gasteiger partial charge in [-0.05, 0) is 54.6 Å². The molecule has 0 saturated heterocycles. The summed E-state index contributed by atoms with van der Waals surface area (Å²) in [5, 5.41) is 1.18.